The SMILES string of the molecule is CCCNC(c1cc(Br)c(C)cc1Br)C(CCC)CCC. The molecular weight excluding hydrogens is 390 g/mol. The van der Waals surface area contributed by atoms with Crippen molar-refractivity contribution >= 4 is 31.9 Å². The normalized spacial score (nSPS) is 12.9. The van der Waals surface area contributed by atoms with Crippen LogP contribution in [0.25, 0.3) is 0 Å². The van der Waals surface area contributed by atoms with Gasteiger partial charge in [0.2, 0.25) is 0 Å². The minimum Gasteiger partial charge on any atom is -0.310 e. The minimum absolute atomic E-state index is 0.441. The summed E-state index contributed by atoms with van der Waals surface area (Å²) in [6.45, 7) is 10.0. The second-order valence-corrected chi connectivity index (χ2v) is 7.60. The minimum atomic E-state index is 0.441. The van der Waals surface area contributed by atoms with Crippen LogP contribution in [-0.2, 0) is 0 Å². The van der Waals surface area contributed by atoms with Gasteiger partial charge in [-0.2, -0.15) is 0 Å². The summed E-state index contributed by atoms with van der Waals surface area (Å²) in [5, 5.41) is 3.79. The van der Waals surface area contributed by atoms with Gasteiger partial charge in [-0.25, -0.2) is 0 Å². The van der Waals surface area contributed by atoms with E-state index in [1.54, 1.807) is 0 Å². The molecule has 0 aliphatic carbocycles. The van der Waals surface area contributed by atoms with Crippen LogP contribution >= 0.6 is 31.9 Å². The van der Waals surface area contributed by atoms with Gasteiger partial charge in [-0.05, 0) is 61.9 Å². The lowest BCUT2D eigenvalue weighted by Crippen LogP contribution is -2.29. The Morgan fingerprint density at radius 1 is 0.952 bits per heavy atom. The van der Waals surface area contributed by atoms with Crippen molar-refractivity contribution in [3.05, 3.63) is 32.2 Å². The number of aryl methyl sites for hydroxylation is 1. The van der Waals surface area contributed by atoms with Crippen LogP contribution in [0.5, 0.6) is 0 Å². The topological polar surface area (TPSA) is 12.0 Å². The van der Waals surface area contributed by atoms with Crippen molar-refractivity contribution in [2.75, 3.05) is 6.54 Å². The Bertz CT molecular complexity index is 425. The molecule has 1 aromatic carbocycles. The van der Waals surface area contributed by atoms with Gasteiger partial charge in [0.1, 0.15) is 0 Å². The molecule has 0 amide bonds. The Balaban J connectivity index is 3.13. The third-order valence-corrected chi connectivity index (χ3v) is 5.56. The van der Waals surface area contributed by atoms with E-state index in [0.29, 0.717) is 12.0 Å². The van der Waals surface area contributed by atoms with Crippen molar-refractivity contribution in [1.82, 2.24) is 5.32 Å². The first-order valence-electron chi connectivity index (χ1n) is 8.23. The zero-order chi connectivity index (χ0) is 15.8. The largest absolute Gasteiger partial charge is 0.310 e. The second-order valence-electron chi connectivity index (χ2n) is 5.89. The zero-order valence-corrected chi connectivity index (χ0v) is 17.0. The molecular formula is C18H29Br2N. The summed E-state index contributed by atoms with van der Waals surface area (Å²) in [5.41, 5.74) is 2.68. The van der Waals surface area contributed by atoms with Gasteiger partial charge in [0.25, 0.3) is 0 Å². The van der Waals surface area contributed by atoms with Crippen LogP contribution in [0.3, 0.4) is 0 Å². The molecule has 1 rings (SSSR count). The summed E-state index contributed by atoms with van der Waals surface area (Å²) in [5.74, 6) is 0.706. The molecule has 1 unspecified atom stereocenters. The second kappa shape index (κ2) is 10.0. The smallest absolute Gasteiger partial charge is 0.0360 e. The van der Waals surface area contributed by atoms with Crippen molar-refractivity contribution < 1.29 is 0 Å². The number of halogens is 2. The van der Waals surface area contributed by atoms with Gasteiger partial charge in [0.15, 0.2) is 0 Å². The van der Waals surface area contributed by atoms with Gasteiger partial charge in [-0.15, -0.1) is 0 Å². The molecule has 0 aliphatic heterocycles. The standard InChI is InChI=1S/C18H29Br2N/c1-5-8-14(9-6-2)18(21-10-7-3)15-12-16(19)13(4)11-17(15)20/h11-12,14,18,21H,5-10H2,1-4H3. The van der Waals surface area contributed by atoms with E-state index in [1.807, 2.05) is 0 Å². The van der Waals surface area contributed by atoms with Crippen LogP contribution < -0.4 is 5.32 Å². The Labute approximate surface area is 147 Å². The summed E-state index contributed by atoms with van der Waals surface area (Å²) >= 11 is 7.48. The number of nitrogens with one attached hydrogen (secondary N) is 1. The molecule has 0 saturated carbocycles. The molecule has 1 atom stereocenters. The summed E-state index contributed by atoms with van der Waals surface area (Å²) in [6, 6.07) is 4.97. The lowest BCUT2D eigenvalue weighted by Gasteiger charge is -2.29. The summed E-state index contributed by atoms with van der Waals surface area (Å²) in [4.78, 5) is 0. The molecule has 1 N–H and O–H groups in total. The number of benzene rings is 1. The molecule has 0 spiro atoms. The fraction of sp³-hybridized carbons (Fsp3) is 0.667. The van der Waals surface area contributed by atoms with Gasteiger partial charge in [-0.1, -0.05) is 65.5 Å². The highest BCUT2D eigenvalue weighted by Crippen LogP contribution is 2.36. The van der Waals surface area contributed by atoms with Crippen LogP contribution in [-0.4, -0.2) is 6.54 Å². The first-order chi connectivity index (χ1) is 10.0. The van der Waals surface area contributed by atoms with E-state index < -0.39 is 0 Å². The fourth-order valence-electron chi connectivity index (χ4n) is 2.95. The molecule has 0 aliphatic rings. The Morgan fingerprint density at radius 3 is 2.10 bits per heavy atom. The maximum Gasteiger partial charge on any atom is 0.0360 e. The summed E-state index contributed by atoms with van der Waals surface area (Å²) < 4.78 is 2.43. The van der Waals surface area contributed by atoms with E-state index in [1.165, 1.54) is 52.2 Å². The highest BCUT2D eigenvalue weighted by atomic mass is 79.9. The summed E-state index contributed by atoms with van der Waals surface area (Å²) in [7, 11) is 0. The van der Waals surface area contributed by atoms with Crippen molar-refractivity contribution in [3.63, 3.8) is 0 Å². The van der Waals surface area contributed by atoms with Crippen LogP contribution in [0.15, 0.2) is 21.1 Å². The molecule has 0 bridgehead atoms. The molecule has 0 saturated heterocycles. The average molecular weight is 419 g/mol. The highest BCUT2D eigenvalue weighted by Gasteiger charge is 2.23. The van der Waals surface area contributed by atoms with Gasteiger partial charge < -0.3 is 5.32 Å². The van der Waals surface area contributed by atoms with Crippen molar-refractivity contribution in [2.24, 2.45) is 5.92 Å². The third-order valence-electron chi connectivity index (χ3n) is 4.02. The van der Waals surface area contributed by atoms with E-state index in [2.05, 4.69) is 77.0 Å². The summed E-state index contributed by atoms with van der Waals surface area (Å²) in [6.07, 6.45) is 6.24. The lowest BCUT2D eigenvalue weighted by atomic mass is 9.85. The maximum absolute atomic E-state index is 3.79. The van der Waals surface area contributed by atoms with Gasteiger partial charge >= 0.3 is 0 Å². The molecule has 120 valence electrons. The Kier molecular flexibility index (Phi) is 9.15. The quantitative estimate of drug-likeness (QED) is 0.466. The zero-order valence-electron chi connectivity index (χ0n) is 13.8. The predicted octanol–water partition coefficient (Wildman–Crippen LogP) is 6.78. The van der Waals surface area contributed by atoms with E-state index in [4.69, 9.17) is 0 Å². The van der Waals surface area contributed by atoms with Crippen molar-refractivity contribution in [1.29, 1.82) is 0 Å². The van der Waals surface area contributed by atoms with Gasteiger partial charge in [0, 0.05) is 15.0 Å². The van der Waals surface area contributed by atoms with E-state index >= 15 is 0 Å². The fourth-order valence-corrected chi connectivity index (χ4v) is 4.02. The lowest BCUT2D eigenvalue weighted by molar-refractivity contribution is 0.315. The Hall–Kier alpha value is 0.140. The molecule has 0 fully saturated rings. The molecule has 1 aromatic rings. The van der Waals surface area contributed by atoms with Crippen molar-refractivity contribution in [2.45, 2.75) is 65.8 Å². The molecule has 1 nitrogen and oxygen atoms in total. The number of hydrogen-bond acceptors (Lipinski definition) is 1. The molecule has 0 radical (unpaired) electrons. The van der Waals surface area contributed by atoms with Crippen LogP contribution in [0.1, 0.15) is 70.0 Å². The Morgan fingerprint density at radius 2 is 1.57 bits per heavy atom. The number of hydrogen-bond donors (Lipinski definition) is 1. The highest BCUT2D eigenvalue weighted by molar-refractivity contribution is 9.11. The molecule has 0 heterocycles. The van der Waals surface area contributed by atoms with Crippen LogP contribution in [0.4, 0.5) is 0 Å². The first kappa shape index (κ1) is 19.2. The van der Waals surface area contributed by atoms with Crippen LogP contribution in [0.2, 0.25) is 0 Å². The van der Waals surface area contributed by atoms with Crippen LogP contribution in [0, 0.1) is 12.8 Å². The van der Waals surface area contributed by atoms with Crippen molar-refractivity contribution in [3.8, 4) is 0 Å². The van der Waals surface area contributed by atoms with E-state index in [9.17, 15) is 0 Å². The van der Waals surface area contributed by atoms with Gasteiger partial charge in [0.05, 0.1) is 0 Å². The maximum atomic E-state index is 3.79. The number of rotatable bonds is 9. The molecule has 0 aromatic heterocycles. The third kappa shape index (κ3) is 5.69. The average Bonchev–Trinajstić information content (AvgIpc) is 2.44. The van der Waals surface area contributed by atoms with E-state index in [-0.39, 0.29) is 0 Å². The monoisotopic (exact) mass is 417 g/mol. The predicted molar refractivity (Wildman–Crippen MR) is 101 cm³/mol. The van der Waals surface area contributed by atoms with E-state index in [0.717, 1.165) is 6.54 Å². The molecule has 21 heavy (non-hydrogen) atoms. The van der Waals surface area contributed by atoms with Gasteiger partial charge in [-0.3, -0.25) is 0 Å². The molecule has 3 heteroatoms. The first-order valence-corrected chi connectivity index (χ1v) is 9.82.